The monoisotopic (exact) mass is 332 g/mol. The molecule has 0 fully saturated rings. The number of nitrogens with two attached hydrogens (primary N) is 1. The lowest BCUT2D eigenvalue weighted by Crippen LogP contribution is -2.29. The molecule has 4 nitrogen and oxygen atoms in total. The number of hydrogen-bond acceptors (Lipinski definition) is 3. The van der Waals surface area contributed by atoms with Crippen molar-refractivity contribution in [2.75, 3.05) is 12.8 Å². The first-order valence-electron chi connectivity index (χ1n) is 8.02. The third-order valence-corrected chi connectivity index (χ3v) is 4.00. The summed E-state index contributed by atoms with van der Waals surface area (Å²) in [5.74, 6) is 0.633. The summed E-state index contributed by atoms with van der Waals surface area (Å²) >= 11 is 0. The second-order valence-corrected chi connectivity index (χ2v) is 5.72. The van der Waals surface area contributed by atoms with Crippen LogP contribution in [0.5, 0.6) is 5.75 Å². The predicted molar refractivity (Wildman–Crippen MR) is 99.6 cm³/mol. The van der Waals surface area contributed by atoms with Gasteiger partial charge in [-0.2, -0.15) is 0 Å². The van der Waals surface area contributed by atoms with Crippen molar-refractivity contribution >= 4 is 11.6 Å². The van der Waals surface area contributed by atoms with E-state index in [-0.39, 0.29) is 11.9 Å². The minimum absolute atomic E-state index is 0.135. The average Bonchev–Trinajstić information content (AvgIpc) is 2.67. The molecule has 1 unspecified atom stereocenters. The second-order valence-electron chi connectivity index (χ2n) is 5.72. The van der Waals surface area contributed by atoms with Gasteiger partial charge in [0.2, 0.25) is 0 Å². The zero-order chi connectivity index (χ0) is 17.6. The lowest BCUT2D eigenvalue weighted by molar-refractivity contribution is 0.0943. The largest absolute Gasteiger partial charge is 0.497 e. The molecule has 0 bridgehead atoms. The Bertz CT molecular complexity index is 845. The minimum atomic E-state index is -0.304. The highest BCUT2D eigenvalue weighted by molar-refractivity contribution is 5.94. The molecule has 0 spiro atoms. The Kier molecular flexibility index (Phi) is 5.00. The zero-order valence-electron chi connectivity index (χ0n) is 14.0. The van der Waals surface area contributed by atoms with E-state index in [0.29, 0.717) is 11.3 Å². The summed E-state index contributed by atoms with van der Waals surface area (Å²) in [6.07, 6.45) is 0. The van der Waals surface area contributed by atoms with E-state index in [1.54, 1.807) is 19.2 Å². The van der Waals surface area contributed by atoms with Gasteiger partial charge in [0.1, 0.15) is 5.75 Å². The molecule has 4 heteroatoms. The number of ether oxygens (including phenoxy) is 1. The Labute approximate surface area is 147 Å². The van der Waals surface area contributed by atoms with Crippen LogP contribution in [-0.2, 0) is 0 Å². The van der Waals surface area contributed by atoms with Gasteiger partial charge in [-0.1, -0.05) is 42.5 Å². The van der Waals surface area contributed by atoms with E-state index in [4.69, 9.17) is 10.5 Å². The molecule has 0 aromatic heterocycles. The van der Waals surface area contributed by atoms with Gasteiger partial charge in [0.15, 0.2) is 0 Å². The molecule has 1 atom stereocenters. The van der Waals surface area contributed by atoms with Crippen molar-refractivity contribution in [2.45, 2.75) is 6.04 Å². The average molecular weight is 332 g/mol. The highest BCUT2D eigenvalue weighted by Crippen LogP contribution is 2.26. The Morgan fingerprint density at radius 2 is 1.64 bits per heavy atom. The summed E-state index contributed by atoms with van der Waals surface area (Å²) in [5, 5.41) is 3.10. The number of anilines is 1. The van der Waals surface area contributed by atoms with Gasteiger partial charge in [0.25, 0.3) is 5.91 Å². The van der Waals surface area contributed by atoms with Crippen molar-refractivity contribution in [1.82, 2.24) is 5.32 Å². The van der Waals surface area contributed by atoms with E-state index < -0.39 is 0 Å². The SMILES string of the molecule is COc1ccc(C(NC(=O)c2ccccc2)c2cccc(N)c2)cc1. The van der Waals surface area contributed by atoms with Crippen LogP contribution in [0, 0.1) is 0 Å². The number of benzene rings is 3. The van der Waals surface area contributed by atoms with Crippen molar-refractivity contribution in [3.05, 3.63) is 95.6 Å². The topological polar surface area (TPSA) is 64.3 Å². The molecule has 3 N–H and O–H groups in total. The molecule has 3 aromatic carbocycles. The smallest absolute Gasteiger partial charge is 0.252 e. The number of amides is 1. The molecule has 1 amide bonds. The fourth-order valence-electron chi connectivity index (χ4n) is 2.70. The number of rotatable bonds is 5. The lowest BCUT2D eigenvalue weighted by Gasteiger charge is -2.20. The Morgan fingerprint density at radius 3 is 2.28 bits per heavy atom. The van der Waals surface area contributed by atoms with Crippen molar-refractivity contribution in [1.29, 1.82) is 0 Å². The number of methoxy groups -OCH3 is 1. The number of carbonyl (C=O) groups excluding carboxylic acids is 1. The minimum Gasteiger partial charge on any atom is -0.497 e. The van der Waals surface area contributed by atoms with Crippen molar-refractivity contribution in [3.63, 3.8) is 0 Å². The number of nitrogen functional groups attached to an aromatic ring is 1. The fourth-order valence-corrected chi connectivity index (χ4v) is 2.70. The van der Waals surface area contributed by atoms with Crippen molar-refractivity contribution in [3.8, 4) is 5.75 Å². The molecule has 0 radical (unpaired) electrons. The van der Waals surface area contributed by atoms with E-state index in [1.807, 2.05) is 66.7 Å². The molecule has 3 rings (SSSR count). The summed E-state index contributed by atoms with van der Waals surface area (Å²) in [6, 6.07) is 24.0. The molecule has 0 saturated heterocycles. The molecule has 0 aliphatic rings. The quantitative estimate of drug-likeness (QED) is 0.699. The van der Waals surface area contributed by atoms with Crippen LogP contribution in [0.15, 0.2) is 78.9 Å². The standard InChI is InChI=1S/C21H20N2O2/c1-25-19-12-10-15(11-13-19)20(17-8-5-9-18(22)14-17)23-21(24)16-6-3-2-4-7-16/h2-14,20H,22H2,1H3,(H,23,24). The van der Waals surface area contributed by atoms with E-state index >= 15 is 0 Å². The van der Waals surface area contributed by atoms with Gasteiger partial charge < -0.3 is 15.8 Å². The highest BCUT2D eigenvalue weighted by Gasteiger charge is 2.18. The Morgan fingerprint density at radius 1 is 0.920 bits per heavy atom. The van der Waals surface area contributed by atoms with Gasteiger partial charge in [-0.15, -0.1) is 0 Å². The van der Waals surface area contributed by atoms with Crippen molar-refractivity contribution < 1.29 is 9.53 Å². The summed E-state index contributed by atoms with van der Waals surface area (Å²) in [6.45, 7) is 0. The van der Waals surface area contributed by atoms with Crippen LogP contribution in [0.3, 0.4) is 0 Å². The Balaban J connectivity index is 1.95. The zero-order valence-corrected chi connectivity index (χ0v) is 14.0. The fraction of sp³-hybridized carbons (Fsp3) is 0.0952. The first kappa shape index (κ1) is 16.6. The van der Waals surface area contributed by atoms with E-state index in [0.717, 1.165) is 16.9 Å². The van der Waals surface area contributed by atoms with Crippen LogP contribution in [0.1, 0.15) is 27.5 Å². The molecule has 126 valence electrons. The van der Waals surface area contributed by atoms with Crippen LogP contribution >= 0.6 is 0 Å². The summed E-state index contributed by atoms with van der Waals surface area (Å²) in [4.78, 5) is 12.6. The summed E-state index contributed by atoms with van der Waals surface area (Å²) in [5.41, 5.74) is 9.08. The van der Waals surface area contributed by atoms with Crippen LogP contribution < -0.4 is 15.8 Å². The lowest BCUT2D eigenvalue weighted by atomic mass is 9.97. The second kappa shape index (κ2) is 7.53. The molecule has 0 aliphatic heterocycles. The molecule has 0 aliphatic carbocycles. The highest BCUT2D eigenvalue weighted by atomic mass is 16.5. The van der Waals surface area contributed by atoms with Gasteiger partial charge in [-0.25, -0.2) is 0 Å². The van der Waals surface area contributed by atoms with Gasteiger partial charge >= 0.3 is 0 Å². The summed E-state index contributed by atoms with van der Waals surface area (Å²) in [7, 11) is 1.63. The van der Waals surface area contributed by atoms with Gasteiger partial charge in [-0.05, 0) is 47.5 Å². The first-order chi connectivity index (χ1) is 12.2. The number of hydrogen-bond donors (Lipinski definition) is 2. The van der Waals surface area contributed by atoms with Crippen molar-refractivity contribution in [2.24, 2.45) is 0 Å². The molecular formula is C21H20N2O2. The molecular weight excluding hydrogens is 312 g/mol. The van der Waals surface area contributed by atoms with Crippen LogP contribution in [0.4, 0.5) is 5.69 Å². The first-order valence-corrected chi connectivity index (χ1v) is 8.02. The van der Waals surface area contributed by atoms with Gasteiger partial charge in [0, 0.05) is 11.3 Å². The van der Waals surface area contributed by atoms with Gasteiger partial charge in [0.05, 0.1) is 13.2 Å². The van der Waals surface area contributed by atoms with Crippen LogP contribution in [-0.4, -0.2) is 13.0 Å². The maximum absolute atomic E-state index is 12.6. The third-order valence-electron chi connectivity index (χ3n) is 4.00. The molecule has 25 heavy (non-hydrogen) atoms. The van der Waals surface area contributed by atoms with Gasteiger partial charge in [-0.3, -0.25) is 4.79 Å². The van der Waals surface area contributed by atoms with Crippen LogP contribution in [0.25, 0.3) is 0 Å². The maximum atomic E-state index is 12.6. The maximum Gasteiger partial charge on any atom is 0.252 e. The number of nitrogens with one attached hydrogen (secondary N) is 1. The number of carbonyl (C=O) groups is 1. The van der Waals surface area contributed by atoms with E-state index in [2.05, 4.69) is 5.32 Å². The van der Waals surface area contributed by atoms with Crippen LogP contribution in [0.2, 0.25) is 0 Å². The van der Waals surface area contributed by atoms with E-state index in [9.17, 15) is 4.79 Å². The Hall–Kier alpha value is -3.27. The third kappa shape index (κ3) is 3.98. The molecule has 0 heterocycles. The van der Waals surface area contributed by atoms with E-state index in [1.165, 1.54) is 0 Å². The predicted octanol–water partition coefficient (Wildman–Crippen LogP) is 3.80. The normalized spacial score (nSPS) is 11.6. The molecule has 0 saturated carbocycles. The summed E-state index contributed by atoms with van der Waals surface area (Å²) < 4.78 is 5.22. The molecule has 3 aromatic rings.